The number of aryl methyl sites for hydroxylation is 1. The van der Waals surface area contributed by atoms with Crippen LogP contribution in [0.15, 0.2) is 36.5 Å². The maximum Gasteiger partial charge on any atom is 0.273 e. The fourth-order valence-corrected chi connectivity index (χ4v) is 5.47. The van der Waals surface area contributed by atoms with Crippen LogP contribution < -0.4 is 20.1 Å². The summed E-state index contributed by atoms with van der Waals surface area (Å²) in [4.78, 5) is 28.5. The molecule has 12 nitrogen and oxygen atoms in total. The molecule has 13 heteroatoms. The summed E-state index contributed by atoms with van der Waals surface area (Å²) in [5, 5.41) is 14.1. The molecule has 2 heterocycles. The molecule has 0 bridgehead atoms. The Bertz CT molecular complexity index is 1600. The van der Waals surface area contributed by atoms with Crippen molar-refractivity contribution in [1.29, 1.82) is 0 Å². The number of hydrogen-bond acceptors (Lipinski definition) is 8. The fraction of sp³-hybridized carbons (Fsp3) is 0.467. The van der Waals surface area contributed by atoms with E-state index in [9.17, 15) is 18.0 Å². The number of aromatic nitrogens is 3. The van der Waals surface area contributed by atoms with Gasteiger partial charge in [0.2, 0.25) is 10.0 Å². The summed E-state index contributed by atoms with van der Waals surface area (Å²) in [6, 6.07) is 8.59. The number of hydrogen-bond donors (Lipinski definition) is 3. The molecule has 2 amide bonds. The first-order valence-corrected chi connectivity index (χ1v) is 16.1. The molecule has 1 aliphatic rings. The predicted octanol–water partition coefficient (Wildman–Crippen LogP) is 3.58. The Balaban J connectivity index is 1.56. The van der Waals surface area contributed by atoms with Gasteiger partial charge in [-0.15, -0.1) is 5.10 Å². The molecule has 0 spiro atoms. The molecule has 0 aliphatic carbocycles. The number of ether oxygens (including phenoxy) is 1. The largest absolute Gasteiger partial charge is 0.492 e. The van der Waals surface area contributed by atoms with Crippen LogP contribution in [0.5, 0.6) is 5.75 Å². The van der Waals surface area contributed by atoms with Crippen molar-refractivity contribution in [3.63, 3.8) is 0 Å². The second kappa shape index (κ2) is 12.7. The van der Waals surface area contributed by atoms with Gasteiger partial charge in [0.15, 0.2) is 11.4 Å². The van der Waals surface area contributed by atoms with Gasteiger partial charge in [0.25, 0.3) is 11.8 Å². The highest BCUT2D eigenvalue weighted by atomic mass is 32.2. The Hall–Kier alpha value is -3.97. The van der Waals surface area contributed by atoms with Crippen molar-refractivity contribution < 1.29 is 22.7 Å². The number of anilines is 2. The third-order valence-corrected chi connectivity index (χ3v) is 8.13. The van der Waals surface area contributed by atoms with Crippen molar-refractivity contribution in [3.05, 3.63) is 58.9 Å². The van der Waals surface area contributed by atoms with Gasteiger partial charge in [-0.1, -0.05) is 32.1 Å². The predicted molar refractivity (Wildman–Crippen MR) is 167 cm³/mol. The van der Waals surface area contributed by atoms with Crippen LogP contribution in [0.25, 0.3) is 5.69 Å². The molecule has 0 radical (unpaired) electrons. The summed E-state index contributed by atoms with van der Waals surface area (Å²) in [7, 11) is -0.105. The molecule has 3 N–H and O–H groups in total. The van der Waals surface area contributed by atoms with E-state index in [2.05, 4.69) is 37.6 Å². The van der Waals surface area contributed by atoms with Gasteiger partial charge in [-0.2, -0.15) is 0 Å². The van der Waals surface area contributed by atoms with Crippen molar-refractivity contribution in [2.45, 2.75) is 46.0 Å². The van der Waals surface area contributed by atoms with E-state index in [-0.39, 0.29) is 28.5 Å². The summed E-state index contributed by atoms with van der Waals surface area (Å²) in [5.41, 5.74) is 2.92. The second-order valence-corrected chi connectivity index (χ2v) is 13.9. The Kier molecular flexibility index (Phi) is 9.45. The lowest BCUT2D eigenvalue weighted by Gasteiger charge is -2.28. The number of amides is 2. The van der Waals surface area contributed by atoms with Gasteiger partial charge in [0.1, 0.15) is 0 Å². The van der Waals surface area contributed by atoms with Crippen molar-refractivity contribution in [2.24, 2.45) is 5.92 Å². The Morgan fingerprint density at radius 3 is 2.37 bits per heavy atom. The molecule has 1 fully saturated rings. The molecule has 0 saturated carbocycles. The van der Waals surface area contributed by atoms with E-state index in [1.54, 1.807) is 36.5 Å². The van der Waals surface area contributed by atoms with Gasteiger partial charge in [-0.3, -0.25) is 14.3 Å². The zero-order valence-corrected chi connectivity index (χ0v) is 26.6. The SMILES string of the molecule is COc1c(NC(=O)c2ccc(C)c(-n3cc(C(=O)NCC4CCN(C)CC4)nn3)c2)cc(C(C)(C)C)cc1NS(C)(=O)=O. The first-order chi connectivity index (χ1) is 20.1. The van der Waals surface area contributed by atoms with Crippen molar-refractivity contribution in [2.75, 3.05) is 50.1 Å². The van der Waals surface area contributed by atoms with Crippen LogP contribution in [-0.4, -0.2) is 80.2 Å². The molecule has 1 saturated heterocycles. The number of carbonyl (C=O) groups is 2. The lowest BCUT2D eigenvalue weighted by atomic mass is 9.86. The minimum Gasteiger partial charge on any atom is -0.492 e. The van der Waals surface area contributed by atoms with Crippen molar-refractivity contribution in [3.8, 4) is 11.4 Å². The molecule has 232 valence electrons. The van der Waals surface area contributed by atoms with Gasteiger partial charge < -0.3 is 20.3 Å². The molecular formula is C30H41N7O5S. The monoisotopic (exact) mass is 611 g/mol. The number of carbonyl (C=O) groups excluding carboxylic acids is 2. The number of likely N-dealkylation sites (tertiary alicyclic amines) is 1. The highest BCUT2D eigenvalue weighted by Gasteiger charge is 2.23. The fourth-order valence-electron chi connectivity index (χ4n) is 4.92. The van der Waals surface area contributed by atoms with Crippen LogP contribution in [-0.2, 0) is 15.4 Å². The first-order valence-electron chi connectivity index (χ1n) is 14.2. The van der Waals surface area contributed by atoms with E-state index < -0.39 is 15.9 Å². The lowest BCUT2D eigenvalue weighted by molar-refractivity contribution is 0.0933. The molecule has 0 atom stereocenters. The third kappa shape index (κ3) is 8.11. The minimum atomic E-state index is -3.61. The van der Waals surface area contributed by atoms with Crippen LogP contribution in [0.4, 0.5) is 11.4 Å². The first kappa shape index (κ1) is 32.0. The maximum atomic E-state index is 13.5. The van der Waals surface area contributed by atoms with Crippen molar-refractivity contribution in [1.82, 2.24) is 25.2 Å². The smallest absolute Gasteiger partial charge is 0.273 e. The summed E-state index contributed by atoms with van der Waals surface area (Å²) >= 11 is 0. The number of nitrogens with zero attached hydrogens (tertiary/aromatic N) is 4. The highest BCUT2D eigenvalue weighted by Crippen LogP contribution is 2.39. The van der Waals surface area contributed by atoms with E-state index in [0.29, 0.717) is 29.4 Å². The Morgan fingerprint density at radius 1 is 1.07 bits per heavy atom. The second-order valence-electron chi connectivity index (χ2n) is 12.2. The number of sulfonamides is 1. The van der Waals surface area contributed by atoms with Crippen LogP contribution in [0.1, 0.15) is 65.6 Å². The standard InChI is InChI=1S/C30H41N7O5S/c1-19-8-9-21(14-26(19)37-18-25(33-35-37)29(39)31-17-20-10-12-36(5)13-11-20)28(38)32-23-15-22(30(2,3)4)16-24(27(23)42-6)34-43(7,40)41/h8-9,14-16,18,20,34H,10-13,17H2,1-7H3,(H,31,39)(H,32,38). The molecule has 1 aliphatic heterocycles. The van der Waals surface area contributed by atoms with Gasteiger partial charge in [-0.25, -0.2) is 13.1 Å². The lowest BCUT2D eigenvalue weighted by Crippen LogP contribution is -2.37. The summed E-state index contributed by atoms with van der Waals surface area (Å²) in [5.74, 6) is -0.104. The summed E-state index contributed by atoms with van der Waals surface area (Å²) in [6.07, 6.45) is 4.68. The average molecular weight is 612 g/mol. The summed E-state index contributed by atoms with van der Waals surface area (Å²) in [6.45, 7) is 10.5. The summed E-state index contributed by atoms with van der Waals surface area (Å²) < 4.78 is 33.6. The van der Waals surface area contributed by atoms with E-state index in [4.69, 9.17) is 4.74 Å². The van der Waals surface area contributed by atoms with E-state index in [1.165, 1.54) is 11.8 Å². The van der Waals surface area contributed by atoms with Crippen LogP contribution in [0.3, 0.4) is 0 Å². The van der Waals surface area contributed by atoms with Crippen molar-refractivity contribution >= 4 is 33.2 Å². The number of benzene rings is 2. The molecule has 43 heavy (non-hydrogen) atoms. The number of rotatable bonds is 9. The number of methoxy groups -OCH3 is 1. The van der Waals surface area contributed by atoms with E-state index in [0.717, 1.165) is 43.3 Å². The zero-order chi connectivity index (χ0) is 31.5. The van der Waals surface area contributed by atoms with Crippen LogP contribution in [0.2, 0.25) is 0 Å². The molecule has 3 aromatic rings. The average Bonchev–Trinajstić information content (AvgIpc) is 3.41. The van der Waals surface area contributed by atoms with Gasteiger partial charge >= 0.3 is 0 Å². The molecule has 2 aromatic carbocycles. The number of piperidine rings is 1. The molecule has 4 rings (SSSR count). The van der Waals surface area contributed by atoms with Crippen LogP contribution in [0, 0.1) is 12.8 Å². The molecule has 1 aromatic heterocycles. The highest BCUT2D eigenvalue weighted by molar-refractivity contribution is 7.92. The Labute approximate surface area is 253 Å². The Morgan fingerprint density at radius 2 is 1.74 bits per heavy atom. The van der Waals surface area contributed by atoms with Gasteiger partial charge in [0.05, 0.1) is 36.6 Å². The molecule has 0 unspecified atom stereocenters. The quantitative estimate of drug-likeness (QED) is 0.333. The zero-order valence-electron chi connectivity index (χ0n) is 25.8. The van der Waals surface area contributed by atoms with Crippen LogP contribution >= 0.6 is 0 Å². The normalized spacial score (nSPS) is 14.8. The van der Waals surface area contributed by atoms with E-state index >= 15 is 0 Å². The van der Waals surface area contributed by atoms with E-state index in [1.807, 2.05) is 27.7 Å². The van der Waals surface area contributed by atoms with Gasteiger partial charge in [0, 0.05) is 12.1 Å². The number of nitrogens with one attached hydrogen (secondary N) is 3. The maximum absolute atomic E-state index is 13.5. The minimum absolute atomic E-state index is 0.186. The molecular weight excluding hydrogens is 570 g/mol. The van der Waals surface area contributed by atoms with Gasteiger partial charge in [-0.05, 0) is 86.6 Å². The topological polar surface area (TPSA) is 148 Å². The third-order valence-electron chi connectivity index (χ3n) is 7.54.